The molecule has 26 heavy (non-hydrogen) atoms. The van der Waals surface area contributed by atoms with E-state index in [1.807, 2.05) is 13.0 Å². The highest BCUT2D eigenvalue weighted by Gasteiger charge is 2.67. The van der Waals surface area contributed by atoms with Crippen LogP contribution in [-0.4, -0.2) is 45.2 Å². The van der Waals surface area contributed by atoms with Gasteiger partial charge in [0, 0.05) is 16.7 Å². The molecule has 4 rings (SSSR count). The van der Waals surface area contributed by atoms with Crippen LogP contribution in [-0.2, 0) is 9.59 Å². The van der Waals surface area contributed by atoms with Gasteiger partial charge in [-0.15, -0.1) is 0 Å². The molecule has 4 aliphatic carbocycles. The zero-order valence-electron chi connectivity index (χ0n) is 15.4. The number of ketones is 2. The molecule has 0 heterocycles. The number of rotatable bonds is 2. The number of Topliss-reactive ketones (excluding diaryl/α,β-unsaturated/α-hetero) is 1. The van der Waals surface area contributed by atoms with Crippen LogP contribution in [0.5, 0.6) is 0 Å². The zero-order chi connectivity index (χ0) is 18.9. The summed E-state index contributed by atoms with van der Waals surface area (Å²) >= 11 is 0. The van der Waals surface area contributed by atoms with Crippen molar-refractivity contribution in [3.05, 3.63) is 23.8 Å². The summed E-state index contributed by atoms with van der Waals surface area (Å²) in [6.07, 6.45) is 7.68. The van der Waals surface area contributed by atoms with Crippen molar-refractivity contribution < 1.29 is 24.9 Å². The van der Waals surface area contributed by atoms with Crippen molar-refractivity contribution in [3.8, 4) is 0 Å². The van der Waals surface area contributed by atoms with Crippen LogP contribution in [0.4, 0.5) is 0 Å². The number of carbonyl (C=O) groups is 2. The number of hydrogen-bond acceptors (Lipinski definition) is 5. The predicted octanol–water partition coefficient (Wildman–Crippen LogP) is 1.56. The van der Waals surface area contributed by atoms with Crippen LogP contribution >= 0.6 is 0 Å². The van der Waals surface area contributed by atoms with Crippen molar-refractivity contribution in [3.63, 3.8) is 0 Å². The molecule has 3 N–H and O–H groups in total. The molecule has 1 unspecified atom stereocenters. The summed E-state index contributed by atoms with van der Waals surface area (Å²) in [5.41, 5.74) is -1.54. The van der Waals surface area contributed by atoms with Crippen LogP contribution < -0.4 is 0 Å². The molecule has 0 spiro atoms. The monoisotopic (exact) mass is 360 g/mol. The van der Waals surface area contributed by atoms with Gasteiger partial charge < -0.3 is 15.3 Å². The smallest absolute Gasteiger partial charge is 0.190 e. The van der Waals surface area contributed by atoms with Gasteiger partial charge in [0.25, 0.3) is 0 Å². The topological polar surface area (TPSA) is 94.8 Å². The van der Waals surface area contributed by atoms with Gasteiger partial charge in [0.2, 0.25) is 0 Å². The lowest BCUT2D eigenvalue weighted by Gasteiger charge is -2.59. The van der Waals surface area contributed by atoms with E-state index in [-0.39, 0.29) is 29.0 Å². The van der Waals surface area contributed by atoms with Gasteiger partial charge in [0.15, 0.2) is 11.6 Å². The van der Waals surface area contributed by atoms with Crippen molar-refractivity contribution in [1.82, 2.24) is 0 Å². The van der Waals surface area contributed by atoms with E-state index in [1.165, 1.54) is 0 Å². The maximum absolute atomic E-state index is 12.4. The van der Waals surface area contributed by atoms with E-state index in [2.05, 4.69) is 6.92 Å². The highest BCUT2D eigenvalue weighted by atomic mass is 16.3. The van der Waals surface area contributed by atoms with Crippen molar-refractivity contribution >= 4 is 11.6 Å². The Labute approximate surface area is 153 Å². The van der Waals surface area contributed by atoms with Gasteiger partial charge in [0.1, 0.15) is 12.2 Å². The maximum atomic E-state index is 12.4. The zero-order valence-corrected chi connectivity index (χ0v) is 15.4. The van der Waals surface area contributed by atoms with Crippen LogP contribution in [0, 0.1) is 28.6 Å². The van der Waals surface area contributed by atoms with Gasteiger partial charge in [0.05, 0.1) is 6.10 Å². The third-order valence-corrected chi connectivity index (χ3v) is 8.25. The van der Waals surface area contributed by atoms with E-state index < -0.39 is 29.5 Å². The molecule has 0 saturated heterocycles. The maximum Gasteiger partial charge on any atom is 0.190 e. The van der Waals surface area contributed by atoms with Gasteiger partial charge in [-0.1, -0.05) is 25.5 Å². The Kier molecular flexibility index (Phi) is 3.89. The summed E-state index contributed by atoms with van der Waals surface area (Å²) in [4.78, 5) is 24.2. The van der Waals surface area contributed by atoms with Crippen LogP contribution in [0.3, 0.4) is 0 Å². The first-order valence-electron chi connectivity index (χ1n) is 9.66. The Morgan fingerprint density at radius 2 is 2.04 bits per heavy atom. The molecule has 0 aromatic heterocycles. The minimum Gasteiger partial charge on any atom is -0.393 e. The second-order valence-corrected chi connectivity index (χ2v) is 9.19. The van der Waals surface area contributed by atoms with E-state index in [0.717, 1.165) is 24.8 Å². The Balaban J connectivity index is 1.75. The van der Waals surface area contributed by atoms with E-state index >= 15 is 0 Å². The summed E-state index contributed by atoms with van der Waals surface area (Å²) in [6, 6.07) is 0. The van der Waals surface area contributed by atoms with E-state index in [1.54, 1.807) is 12.2 Å². The molecule has 142 valence electrons. The van der Waals surface area contributed by atoms with E-state index in [4.69, 9.17) is 0 Å². The number of allylic oxidation sites excluding steroid dienone is 4. The summed E-state index contributed by atoms with van der Waals surface area (Å²) < 4.78 is 0. The summed E-state index contributed by atoms with van der Waals surface area (Å²) in [6.45, 7) is 3.34. The molecule has 0 aliphatic heterocycles. The van der Waals surface area contributed by atoms with Crippen LogP contribution in [0.25, 0.3) is 0 Å². The fourth-order valence-electron chi connectivity index (χ4n) is 6.92. The van der Waals surface area contributed by atoms with Crippen molar-refractivity contribution in [2.45, 2.75) is 57.7 Å². The van der Waals surface area contributed by atoms with Crippen molar-refractivity contribution in [1.29, 1.82) is 0 Å². The minimum atomic E-state index is -1.56. The summed E-state index contributed by atoms with van der Waals surface area (Å²) in [5, 5.41) is 31.7. The molecule has 0 aromatic rings. The summed E-state index contributed by atoms with van der Waals surface area (Å²) in [5.74, 6) is -0.227. The molecule has 3 fully saturated rings. The minimum absolute atomic E-state index is 0.00912. The predicted molar refractivity (Wildman–Crippen MR) is 95.0 cm³/mol. The molecule has 0 radical (unpaired) electrons. The number of carbonyl (C=O) groups excluding carboxylic acids is 2. The molecule has 7 atom stereocenters. The lowest BCUT2D eigenvalue weighted by molar-refractivity contribution is -0.178. The Morgan fingerprint density at radius 3 is 2.73 bits per heavy atom. The van der Waals surface area contributed by atoms with E-state index in [9.17, 15) is 24.9 Å². The highest BCUT2D eigenvalue weighted by molar-refractivity contribution is 6.01. The first-order chi connectivity index (χ1) is 12.2. The van der Waals surface area contributed by atoms with E-state index in [0.29, 0.717) is 12.8 Å². The molecule has 3 saturated carbocycles. The second kappa shape index (κ2) is 5.60. The van der Waals surface area contributed by atoms with Gasteiger partial charge >= 0.3 is 0 Å². The molecule has 0 bridgehead atoms. The lowest BCUT2D eigenvalue weighted by Crippen LogP contribution is -2.61. The van der Waals surface area contributed by atoms with Crippen LogP contribution in [0.2, 0.25) is 0 Å². The third kappa shape index (κ3) is 2.08. The van der Waals surface area contributed by atoms with Crippen molar-refractivity contribution in [2.24, 2.45) is 28.6 Å². The molecule has 0 amide bonds. The number of fused-ring (bicyclic) bond motifs is 5. The third-order valence-electron chi connectivity index (χ3n) is 8.25. The molecule has 5 heteroatoms. The standard InChI is InChI=1S/C21H28O5/c1-19-7-5-13(23)9-12(19)3-4-14-15-6-8-21(26,17(25)11-22)20(15,2)10-16(24)18(14)19/h5,7,9,14-16,18,22,24,26H,3-4,6,8,10-11H2,1-2H3/t14-,15-,16-,18+,19-,20?,21-/m0/s1. The molecule has 0 aromatic carbocycles. The van der Waals surface area contributed by atoms with Gasteiger partial charge in [-0.2, -0.15) is 0 Å². The lowest BCUT2D eigenvalue weighted by atomic mass is 9.46. The Hall–Kier alpha value is -1.30. The van der Waals surface area contributed by atoms with Gasteiger partial charge in [-0.25, -0.2) is 0 Å². The first-order valence-corrected chi connectivity index (χ1v) is 9.66. The Morgan fingerprint density at radius 1 is 1.31 bits per heavy atom. The molecular formula is C21H28O5. The highest BCUT2D eigenvalue weighted by Crippen LogP contribution is 2.67. The quantitative estimate of drug-likeness (QED) is 0.695. The van der Waals surface area contributed by atoms with Crippen LogP contribution in [0.15, 0.2) is 23.8 Å². The second-order valence-electron chi connectivity index (χ2n) is 9.19. The number of aliphatic hydroxyl groups excluding tert-OH is 2. The SMILES string of the molecule is CC12C[C@H](O)[C@H]3[C@@H](CCC4=CC(=O)C=C[C@@]43C)[C@@H]1CC[C@]2(O)C(=O)CO. The fraction of sp³-hybridized carbons (Fsp3) is 0.714. The van der Waals surface area contributed by atoms with Gasteiger partial charge in [-0.05, 0) is 56.1 Å². The molecular weight excluding hydrogens is 332 g/mol. The Bertz CT molecular complexity index is 724. The average molecular weight is 360 g/mol. The average Bonchev–Trinajstić information content (AvgIpc) is 2.86. The summed E-state index contributed by atoms with van der Waals surface area (Å²) in [7, 11) is 0. The van der Waals surface area contributed by atoms with Crippen LogP contribution in [0.1, 0.15) is 46.0 Å². The largest absolute Gasteiger partial charge is 0.393 e. The first kappa shape index (κ1) is 18.1. The number of hydrogen-bond donors (Lipinski definition) is 3. The molecule has 4 aliphatic rings. The molecule has 5 nitrogen and oxygen atoms in total. The normalized spacial score (nSPS) is 49.9. The number of aliphatic hydroxyl groups is 3. The van der Waals surface area contributed by atoms with Crippen molar-refractivity contribution in [2.75, 3.05) is 6.61 Å². The fourth-order valence-corrected chi connectivity index (χ4v) is 6.92. The van der Waals surface area contributed by atoms with Gasteiger partial charge in [-0.3, -0.25) is 9.59 Å².